The van der Waals surface area contributed by atoms with Crippen LogP contribution in [-0.2, 0) is 27.8 Å². The zero-order valence-corrected chi connectivity index (χ0v) is 26.0. The highest BCUT2D eigenvalue weighted by Gasteiger charge is 2.32. The molecule has 226 valence electrons. The van der Waals surface area contributed by atoms with Crippen LogP contribution >= 0.6 is 0 Å². The molecule has 1 saturated heterocycles. The van der Waals surface area contributed by atoms with Crippen LogP contribution in [0.3, 0.4) is 0 Å². The van der Waals surface area contributed by atoms with Crippen molar-refractivity contribution in [3.8, 4) is 5.75 Å². The second-order valence-corrected chi connectivity index (χ2v) is 12.9. The third-order valence-electron chi connectivity index (χ3n) is 8.44. The predicted octanol–water partition coefficient (Wildman–Crippen LogP) is 5.71. The summed E-state index contributed by atoms with van der Waals surface area (Å²) >= 11 is 0. The molecule has 1 fully saturated rings. The van der Waals surface area contributed by atoms with Gasteiger partial charge < -0.3 is 14.6 Å². The van der Waals surface area contributed by atoms with E-state index in [9.17, 15) is 18.0 Å². The number of methoxy groups -OCH3 is 1. The second kappa shape index (κ2) is 12.6. The van der Waals surface area contributed by atoms with E-state index in [-0.39, 0.29) is 28.2 Å². The monoisotopic (exact) mass is 601 g/mol. The van der Waals surface area contributed by atoms with Crippen molar-refractivity contribution in [2.75, 3.05) is 13.7 Å². The smallest absolute Gasteiger partial charge is 0.265 e. The number of rotatable bonds is 11. The average molecular weight is 602 g/mol. The van der Waals surface area contributed by atoms with Gasteiger partial charge in [0.05, 0.1) is 12.0 Å². The zero-order chi connectivity index (χ0) is 30.7. The van der Waals surface area contributed by atoms with Crippen LogP contribution in [0.5, 0.6) is 5.75 Å². The lowest BCUT2D eigenvalue weighted by molar-refractivity contribution is -0.123. The van der Waals surface area contributed by atoms with Gasteiger partial charge in [0.15, 0.2) is 0 Å². The molecule has 3 aromatic carbocycles. The number of benzene rings is 3. The van der Waals surface area contributed by atoms with Crippen LogP contribution < -0.4 is 14.8 Å². The number of aryl methyl sites for hydroxylation is 2. The van der Waals surface area contributed by atoms with Crippen molar-refractivity contribution in [2.24, 2.45) is 5.92 Å². The predicted molar refractivity (Wildman–Crippen MR) is 168 cm³/mol. The summed E-state index contributed by atoms with van der Waals surface area (Å²) < 4.78 is 35.9. The van der Waals surface area contributed by atoms with Crippen molar-refractivity contribution in [3.05, 3.63) is 94.7 Å². The van der Waals surface area contributed by atoms with Gasteiger partial charge in [0.25, 0.3) is 15.9 Å². The second-order valence-electron chi connectivity index (χ2n) is 11.2. The van der Waals surface area contributed by atoms with E-state index in [1.54, 1.807) is 44.4 Å². The van der Waals surface area contributed by atoms with Crippen LogP contribution in [0.1, 0.15) is 71.6 Å². The number of amides is 2. The van der Waals surface area contributed by atoms with Crippen LogP contribution in [-0.4, -0.2) is 38.5 Å². The zero-order valence-electron chi connectivity index (χ0n) is 25.1. The Morgan fingerprint density at radius 3 is 2.56 bits per heavy atom. The number of nitrogens with one attached hydrogen (secondary N) is 2. The van der Waals surface area contributed by atoms with Gasteiger partial charge in [0.1, 0.15) is 5.75 Å². The van der Waals surface area contributed by atoms with Gasteiger partial charge in [-0.2, -0.15) is 0 Å². The summed E-state index contributed by atoms with van der Waals surface area (Å²) in [4.78, 5) is 25.6. The molecule has 2 heterocycles. The summed E-state index contributed by atoms with van der Waals surface area (Å²) in [5, 5.41) is 4.12. The highest BCUT2D eigenvalue weighted by atomic mass is 32.2. The standard InChI is InChI=1S/C34H39N3O5S/c1-5-17-37-21-26(29-19-23(13-14-30(29)37)27(6-2)28-15-16-35-34(28)39)18-24-11-12-25(20-31(24)42-4)33(38)36-43(40,41)32-10-8-7-9-22(32)3/h7-14,19-21,27-28H,5-6,15-18H2,1-4H3,(H,35,39)(H,36,38). The molecule has 8 nitrogen and oxygen atoms in total. The number of hydrogen-bond donors (Lipinski definition) is 2. The SMILES string of the molecule is CCCn1cc(Cc2ccc(C(=O)NS(=O)(=O)c3ccccc3C)cc2OC)c2cc(C(CC)C3CCNC3=O)ccc21. The molecule has 43 heavy (non-hydrogen) atoms. The van der Waals surface area contributed by atoms with Crippen molar-refractivity contribution >= 4 is 32.7 Å². The van der Waals surface area contributed by atoms with Gasteiger partial charge in [0.2, 0.25) is 5.91 Å². The number of sulfonamides is 1. The summed E-state index contributed by atoms with van der Waals surface area (Å²) in [6, 6.07) is 18.1. The molecule has 1 aromatic heterocycles. The lowest BCUT2D eigenvalue weighted by Crippen LogP contribution is -2.31. The molecule has 0 bridgehead atoms. The van der Waals surface area contributed by atoms with Crippen molar-refractivity contribution in [1.82, 2.24) is 14.6 Å². The fourth-order valence-corrected chi connectivity index (χ4v) is 7.49. The number of nitrogens with zero attached hydrogens (tertiary/aromatic N) is 1. The third-order valence-corrected chi connectivity index (χ3v) is 9.93. The van der Waals surface area contributed by atoms with E-state index in [1.165, 1.54) is 11.6 Å². The largest absolute Gasteiger partial charge is 0.496 e. The van der Waals surface area contributed by atoms with E-state index >= 15 is 0 Å². The number of fused-ring (bicyclic) bond motifs is 1. The molecule has 2 N–H and O–H groups in total. The van der Waals surface area contributed by atoms with Crippen molar-refractivity contribution < 1.29 is 22.7 Å². The van der Waals surface area contributed by atoms with Gasteiger partial charge in [-0.05, 0) is 84.7 Å². The number of aromatic nitrogens is 1. The van der Waals surface area contributed by atoms with Crippen molar-refractivity contribution in [1.29, 1.82) is 0 Å². The summed E-state index contributed by atoms with van der Waals surface area (Å²) in [6.07, 6.45) is 5.46. The molecule has 1 aliphatic heterocycles. The number of ether oxygens (including phenoxy) is 1. The molecular weight excluding hydrogens is 562 g/mol. The van der Waals surface area contributed by atoms with E-state index in [4.69, 9.17) is 4.74 Å². The Morgan fingerprint density at radius 2 is 1.88 bits per heavy atom. The minimum Gasteiger partial charge on any atom is -0.496 e. The summed E-state index contributed by atoms with van der Waals surface area (Å²) in [6.45, 7) is 7.58. The molecular formula is C34H39N3O5S. The molecule has 0 spiro atoms. The van der Waals surface area contributed by atoms with E-state index in [0.29, 0.717) is 17.7 Å². The van der Waals surface area contributed by atoms with E-state index in [2.05, 4.69) is 52.8 Å². The summed E-state index contributed by atoms with van der Waals surface area (Å²) in [5.74, 6) is 0.0484. The molecule has 0 saturated carbocycles. The van der Waals surface area contributed by atoms with Crippen LogP contribution in [0.15, 0.2) is 71.8 Å². The molecule has 1 aliphatic rings. The maximum Gasteiger partial charge on any atom is 0.265 e. The van der Waals surface area contributed by atoms with E-state index < -0.39 is 15.9 Å². The quantitative estimate of drug-likeness (QED) is 0.229. The normalized spacial score (nSPS) is 15.8. The van der Waals surface area contributed by atoms with Gasteiger partial charge in [-0.1, -0.05) is 44.2 Å². The Balaban J connectivity index is 1.45. The molecule has 9 heteroatoms. The first kappa shape index (κ1) is 30.4. The lowest BCUT2D eigenvalue weighted by atomic mass is 9.82. The first-order valence-electron chi connectivity index (χ1n) is 14.9. The Hall–Kier alpha value is -4.11. The van der Waals surface area contributed by atoms with Crippen molar-refractivity contribution in [2.45, 2.75) is 63.8 Å². The molecule has 0 radical (unpaired) electrons. The number of carbonyl (C=O) groups excluding carboxylic acids is 2. The van der Waals surface area contributed by atoms with Crippen molar-refractivity contribution in [3.63, 3.8) is 0 Å². The highest BCUT2D eigenvalue weighted by Crippen LogP contribution is 2.36. The van der Waals surface area contributed by atoms with Gasteiger partial charge in [0, 0.05) is 48.1 Å². The van der Waals surface area contributed by atoms with E-state index in [1.807, 2.05) is 6.07 Å². The molecule has 2 amide bonds. The Labute approximate surface area is 253 Å². The van der Waals surface area contributed by atoms with Crippen LogP contribution in [0, 0.1) is 12.8 Å². The van der Waals surface area contributed by atoms with Gasteiger partial charge in [-0.3, -0.25) is 9.59 Å². The molecule has 2 unspecified atom stereocenters. The molecule has 5 rings (SSSR count). The molecule has 0 aliphatic carbocycles. The lowest BCUT2D eigenvalue weighted by Gasteiger charge is -2.21. The van der Waals surface area contributed by atoms with Gasteiger partial charge >= 0.3 is 0 Å². The highest BCUT2D eigenvalue weighted by molar-refractivity contribution is 7.90. The average Bonchev–Trinajstić information content (AvgIpc) is 3.56. The van der Waals surface area contributed by atoms with Crippen LogP contribution in [0.25, 0.3) is 10.9 Å². The first-order valence-corrected chi connectivity index (χ1v) is 16.3. The summed E-state index contributed by atoms with van der Waals surface area (Å²) in [5.41, 5.74) is 5.05. The van der Waals surface area contributed by atoms with Crippen LogP contribution in [0.2, 0.25) is 0 Å². The maximum absolute atomic E-state index is 13.0. The maximum atomic E-state index is 13.0. The summed E-state index contributed by atoms with van der Waals surface area (Å²) in [7, 11) is -2.49. The fraction of sp³-hybridized carbons (Fsp3) is 0.353. The van der Waals surface area contributed by atoms with E-state index in [0.717, 1.165) is 54.4 Å². The fourth-order valence-electron chi connectivity index (χ4n) is 6.27. The minimum absolute atomic E-state index is 0.0166. The minimum atomic E-state index is -4.03. The third kappa shape index (κ3) is 6.18. The van der Waals surface area contributed by atoms with Gasteiger partial charge in [-0.15, -0.1) is 0 Å². The first-order chi connectivity index (χ1) is 20.7. The Bertz CT molecular complexity index is 1780. The Kier molecular flexibility index (Phi) is 8.92. The van der Waals surface area contributed by atoms with Gasteiger partial charge in [-0.25, -0.2) is 13.1 Å². The molecule has 4 aromatic rings. The Morgan fingerprint density at radius 1 is 1.09 bits per heavy atom. The topological polar surface area (TPSA) is 106 Å². The molecule has 2 atom stereocenters. The number of carbonyl (C=O) groups is 2. The number of hydrogen-bond acceptors (Lipinski definition) is 5. The van der Waals surface area contributed by atoms with Crippen LogP contribution in [0.4, 0.5) is 0 Å².